The number of rotatable bonds is 8. The number of benzene rings is 1. The number of hydrogen-bond donors (Lipinski definition) is 1. The van der Waals surface area contributed by atoms with E-state index < -0.39 is 0 Å². The van der Waals surface area contributed by atoms with Gasteiger partial charge in [0.1, 0.15) is 0 Å². The van der Waals surface area contributed by atoms with Gasteiger partial charge in [0.25, 0.3) is 0 Å². The van der Waals surface area contributed by atoms with E-state index in [0.29, 0.717) is 6.42 Å². The molecule has 1 N–H and O–H groups in total. The van der Waals surface area contributed by atoms with Crippen LogP contribution in [0.1, 0.15) is 36.8 Å². The van der Waals surface area contributed by atoms with E-state index in [9.17, 15) is 4.79 Å². The lowest BCUT2D eigenvalue weighted by molar-refractivity contribution is -0.121. The third-order valence-electron chi connectivity index (χ3n) is 2.89. The molecule has 3 heteroatoms. The molecule has 0 aliphatic rings. The molecule has 1 aromatic carbocycles. The zero-order valence-electron chi connectivity index (χ0n) is 11.0. The molecule has 0 aliphatic carbocycles. The van der Waals surface area contributed by atoms with Crippen LogP contribution in [-0.2, 0) is 11.2 Å². The van der Waals surface area contributed by atoms with E-state index in [4.69, 9.17) is 0 Å². The summed E-state index contributed by atoms with van der Waals surface area (Å²) in [5.41, 5.74) is 2.50. The van der Waals surface area contributed by atoms with Crippen LogP contribution in [0.5, 0.6) is 0 Å². The van der Waals surface area contributed by atoms with E-state index >= 15 is 0 Å². The van der Waals surface area contributed by atoms with E-state index in [0.717, 1.165) is 19.4 Å². The van der Waals surface area contributed by atoms with Gasteiger partial charge in [-0.25, -0.2) is 0 Å². The Morgan fingerprint density at radius 2 is 1.89 bits per heavy atom. The molecule has 0 radical (unpaired) electrons. The van der Waals surface area contributed by atoms with E-state index in [1.807, 2.05) is 0 Å². The molecule has 0 unspecified atom stereocenters. The fourth-order valence-electron chi connectivity index (χ4n) is 1.73. The highest BCUT2D eigenvalue weighted by Crippen LogP contribution is 2.05. The number of carbonyl (C=O) groups is 1. The number of unbranched alkanes of at least 4 members (excludes halogenated alkanes) is 2. The maximum atomic E-state index is 11.6. The molecule has 0 bridgehead atoms. The van der Waals surface area contributed by atoms with Crippen LogP contribution in [0.3, 0.4) is 0 Å². The Bertz CT molecular complexity index is 348. The molecule has 0 saturated carbocycles. The summed E-state index contributed by atoms with van der Waals surface area (Å²) >= 11 is 2.39. The van der Waals surface area contributed by atoms with Gasteiger partial charge in [-0.15, -0.1) is 0 Å². The topological polar surface area (TPSA) is 29.1 Å². The molecule has 1 aromatic rings. The number of hydrogen-bond acceptors (Lipinski definition) is 1. The van der Waals surface area contributed by atoms with Crippen LogP contribution in [0.2, 0.25) is 0 Å². The maximum Gasteiger partial charge on any atom is 0.220 e. The minimum Gasteiger partial charge on any atom is -0.356 e. The molecule has 0 aliphatic heterocycles. The maximum absolute atomic E-state index is 11.6. The summed E-state index contributed by atoms with van der Waals surface area (Å²) in [6.07, 6.45) is 4.98. The van der Waals surface area contributed by atoms with Gasteiger partial charge in [-0.1, -0.05) is 58.8 Å². The second-order valence-electron chi connectivity index (χ2n) is 4.59. The number of nitrogens with one attached hydrogen (secondary N) is 1. The third-order valence-corrected chi connectivity index (χ3v) is 3.66. The molecule has 0 fully saturated rings. The van der Waals surface area contributed by atoms with E-state index in [2.05, 4.69) is 59.1 Å². The lowest BCUT2D eigenvalue weighted by atomic mass is 10.1. The molecule has 1 rings (SSSR count). The van der Waals surface area contributed by atoms with Crippen LogP contribution in [0, 0.1) is 6.92 Å². The van der Waals surface area contributed by atoms with Crippen molar-refractivity contribution in [2.75, 3.05) is 11.0 Å². The van der Waals surface area contributed by atoms with Gasteiger partial charge in [-0.3, -0.25) is 4.79 Å². The van der Waals surface area contributed by atoms with Crippen molar-refractivity contribution in [3.05, 3.63) is 35.4 Å². The Kier molecular flexibility index (Phi) is 8.05. The number of amides is 1. The molecule has 0 spiro atoms. The molecule has 1 amide bonds. The first-order valence-corrected chi connectivity index (χ1v) is 8.13. The zero-order chi connectivity index (χ0) is 13.2. The zero-order valence-corrected chi connectivity index (χ0v) is 13.2. The fraction of sp³-hybridized carbons (Fsp3) is 0.533. The van der Waals surface area contributed by atoms with Crippen molar-refractivity contribution in [3.8, 4) is 0 Å². The molecule has 0 atom stereocenters. The van der Waals surface area contributed by atoms with Gasteiger partial charge in [-0.2, -0.15) is 0 Å². The SMILES string of the molecule is Cc1ccc(CCC(=O)NCCCCCI)cc1. The Balaban J connectivity index is 2.11. The number of alkyl halides is 1. The largest absolute Gasteiger partial charge is 0.356 e. The highest BCUT2D eigenvalue weighted by atomic mass is 127. The van der Waals surface area contributed by atoms with Crippen LogP contribution in [0.25, 0.3) is 0 Å². The van der Waals surface area contributed by atoms with Gasteiger partial charge in [-0.05, 0) is 36.2 Å². The van der Waals surface area contributed by atoms with Crippen molar-refractivity contribution in [2.45, 2.75) is 39.0 Å². The van der Waals surface area contributed by atoms with Gasteiger partial charge < -0.3 is 5.32 Å². The van der Waals surface area contributed by atoms with Crippen molar-refractivity contribution in [2.24, 2.45) is 0 Å². The van der Waals surface area contributed by atoms with Gasteiger partial charge in [0, 0.05) is 13.0 Å². The minimum atomic E-state index is 0.171. The first-order chi connectivity index (χ1) is 8.72. The van der Waals surface area contributed by atoms with Gasteiger partial charge in [0.15, 0.2) is 0 Å². The lowest BCUT2D eigenvalue weighted by Gasteiger charge is -2.05. The Hall–Kier alpha value is -0.580. The summed E-state index contributed by atoms with van der Waals surface area (Å²) in [4.78, 5) is 11.6. The highest BCUT2D eigenvalue weighted by molar-refractivity contribution is 14.1. The molecule has 2 nitrogen and oxygen atoms in total. The predicted octanol–water partition coefficient (Wildman–Crippen LogP) is 3.65. The highest BCUT2D eigenvalue weighted by Gasteiger charge is 2.01. The van der Waals surface area contributed by atoms with Crippen LogP contribution < -0.4 is 5.32 Å². The monoisotopic (exact) mass is 359 g/mol. The molecule has 0 heterocycles. The summed E-state index contributed by atoms with van der Waals surface area (Å²) in [5.74, 6) is 0.171. The number of carbonyl (C=O) groups excluding carboxylic acids is 1. The van der Waals surface area contributed by atoms with Crippen molar-refractivity contribution in [1.29, 1.82) is 0 Å². The summed E-state index contributed by atoms with van der Waals surface area (Å²) in [6.45, 7) is 2.90. The number of halogens is 1. The molecule has 0 aromatic heterocycles. The van der Waals surface area contributed by atoms with Gasteiger partial charge >= 0.3 is 0 Å². The van der Waals surface area contributed by atoms with Gasteiger partial charge in [0.05, 0.1) is 0 Å². The fourth-order valence-corrected chi connectivity index (χ4v) is 2.26. The van der Waals surface area contributed by atoms with E-state index in [1.165, 1.54) is 28.4 Å². The molecule has 100 valence electrons. The van der Waals surface area contributed by atoms with Gasteiger partial charge in [0.2, 0.25) is 5.91 Å². The number of aryl methyl sites for hydroxylation is 2. The average molecular weight is 359 g/mol. The smallest absolute Gasteiger partial charge is 0.220 e. The quantitative estimate of drug-likeness (QED) is 0.429. The van der Waals surface area contributed by atoms with Crippen molar-refractivity contribution < 1.29 is 4.79 Å². The van der Waals surface area contributed by atoms with Crippen LogP contribution >= 0.6 is 22.6 Å². The Labute approximate surface area is 124 Å². The molecule has 18 heavy (non-hydrogen) atoms. The average Bonchev–Trinajstić information content (AvgIpc) is 2.38. The summed E-state index contributed by atoms with van der Waals surface area (Å²) in [5, 5.41) is 2.98. The predicted molar refractivity (Wildman–Crippen MR) is 85.2 cm³/mol. The molecule has 0 saturated heterocycles. The molecular formula is C15H22INO. The summed E-state index contributed by atoms with van der Waals surface area (Å²) < 4.78 is 1.21. The summed E-state index contributed by atoms with van der Waals surface area (Å²) in [7, 11) is 0. The van der Waals surface area contributed by atoms with Crippen LogP contribution in [0.4, 0.5) is 0 Å². The second kappa shape index (κ2) is 9.36. The molecular weight excluding hydrogens is 337 g/mol. The van der Waals surface area contributed by atoms with Crippen molar-refractivity contribution in [1.82, 2.24) is 5.32 Å². The van der Waals surface area contributed by atoms with Crippen LogP contribution in [-0.4, -0.2) is 16.9 Å². The summed E-state index contributed by atoms with van der Waals surface area (Å²) in [6, 6.07) is 8.39. The van der Waals surface area contributed by atoms with E-state index in [1.54, 1.807) is 0 Å². The normalized spacial score (nSPS) is 10.3. The van der Waals surface area contributed by atoms with E-state index in [-0.39, 0.29) is 5.91 Å². The van der Waals surface area contributed by atoms with Crippen molar-refractivity contribution in [3.63, 3.8) is 0 Å². The first kappa shape index (κ1) is 15.5. The lowest BCUT2D eigenvalue weighted by Crippen LogP contribution is -2.24. The Morgan fingerprint density at radius 3 is 2.56 bits per heavy atom. The first-order valence-electron chi connectivity index (χ1n) is 6.60. The standard InChI is InChI=1S/C15H22INO/c1-13-5-7-14(8-6-13)9-10-15(18)17-12-4-2-3-11-16/h5-8H,2-4,9-12H2,1H3,(H,17,18). The van der Waals surface area contributed by atoms with Crippen molar-refractivity contribution >= 4 is 28.5 Å². The van der Waals surface area contributed by atoms with Crippen LogP contribution in [0.15, 0.2) is 24.3 Å². The Morgan fingerprint density at radius 1 is 1.17 bits per heavy atom. The third kappa shape index (κ3) is 6.99. The second-order valence-corrected chi connectivity index (χ2v) is 5.66. The minimum absolute atomic E-state index is 0.171.